The molecule has 5 nitrogen and oxygen atoms in total. The molecule has 0 bridgehead atoms. The molecular formula is C22H26O5. The molecule has 0 spiro atoms. The largest absolute Gasteiger partial charge is 0.469 e. The maximum absolute atomic E-state index is 11.8. The highest BCUT2D eigenvalue weighted by Gasteiger charge is 2.48. The Hall–Kier alpha value is -2.53. The molecule has 5 heteroatoms. The molecule has 1 saturated heterocycles. The SMILES string of the molecule is C=C(c1ccc(C(C)=O)cc1)C1COC2(C)C=CC(=O)CC12.COC(C)=O. The van der Waals surface area contributed by atoms with Gasteiger partial charge in [0, 0.05) is 30.7 Å². The number of methoxy groups -OCH3 is 1. The third-order valence-corrected chi connectivity index (χ3v) is 5.21. The zero-order chi connectivity index (χ0) is 20.2. The van der Waals surface area contributed by atoms with Crippen molar-refractivity contribution in [1.29, 1.82) is 0 Å². The fraction of sp³-hybridized carbons (Fsp3) is 0.409. The number of ether oxygens (including phenoxy) is 2. The first-order valence-electron chi connectivity index (χ1n) is 8.88. The average Bonchev–Trinajstić information content (AvgIpc) is 2.98. The van der Waals surface area contributed by atoms with E-state index in [4.69, 9.17) is 4.74 Å². The first-order valence-corrected chi connectivity index (χ1v) is 8.88. The number of carbonyl (C=O) groups excluding carboxylic acids is 3. The van der Waals surface area contributed by atoms with Crippen LogP contribution in [0.4, 0.5) is 0 Å². The van der Waals surface area contributed by atoms with Crippen LogP contribution in [0.5, 0.6) is 0 Å². The van der Waals surface area contributed by atoms with Gasteiger partial charge in [-0.25, -0.2) is 0 Å². The molecule has 1 aliphatic heterocycles. The summed E-state index contributed by atoms with van der Waals surface area (Å²) in [7, 11) is 1.35. The number of Topliss-reactive ketones (excluding diaryl/α,β-unsaturated/α-hetero) is 1. The Morgan fingerprint density at radius 2 is 1.74 bits per heavy atom. The van der Waals surface area contributed by atoms with Crippen LogP contribution >= 0.6 is 0 Å². The molecule has 0 radical (unpaired) electrons. The highest BCUT2D eigenvalue weighted by atomic mass is 16.5. The zero-order valence-corrected chi connectivity index (χ0v) is 16.3. The van der Waals surface area contributed by atoms with E-state index in [1.807, 2.05) is 37.3 Å². The van der Waals surface area contributed by atoms with Crippen LogP contribution in [0.2, 0.25) is 0 Å². The third-order valence-electron chi connectivity index (χ3n) is 5.21. The maximum Gasteiger partial charge on any atom is 0.302 e. The summed E-state index contributed by atoms with van der Waals surface area (Å²) >= 11 is 0. The Morgan fingerprint density at radius 3 is 2.26 bits per heavy atom. The molecule has 1 fully saturated rings. The minimum Gasteiger partial charge on any atom is -0.469 e. The number of hydrogen-bond donors (Lipinski definition) is 0. The van der Waals surface area contributed by atoms with E-state index in [1.165, 1.54) is 14.0 Å². The van der Waals surface area contributed by atoms with Crippen molar-refractivity contribution in [2.24, 2.45) is 11.8 Å². The van der Waals surface area contributed by atoms with Crippen LogP contribution in [0.1, 0.15) is 43.1 Å². The molecule has 1 aromatic rings. The lowest BCUT2D eigenvalue weighted by atomic mass is 9.72. The van der Waals surface area contributed by atoms with E-state index < -0.39 is 0 Å². The Morgan fingerprint density at radius 1 is 1.19 bits per heavy atom. The summed E-state index contributed by atoms with van der Waals surface area (Å²) in [6.45, 7) is 9.75. The predicted octanol–water partition coefficient (Wildman–Crippen LogP) is 3.63. The Labute approximate surface area is 160 Å². The average molecular weight is 370 g/mol. The monoisotopic (exact) mass is 370 g/mol. The van der Waals surface area contributed by atoms with Gasteiger partial charge in [0.25, 0.3) is 0 Å². The van der Waals surface area contributed by atoms with Crippen LogP contribution in [0.15, 0.2) is 43.0 Å². The number of esters is 1. The molecule has 0 N–H and O–H groups in total. The van der Waals surface area contributed by atoms with Crippen molar-refractivity contribution in [2.75, 3.05) is 13.7 Å². The number of hydrogen-bond acceptors (Lipinski definition) is 5. The van der Waals surface area contributed by atoms with Gasteiger partial charge < -0.3 is 9.47 Å². The second-order valence-corrected chi connectivity index (χ2v) is 7.07. The highest BCUT2D eigenvalue weighted by Crippen LogP contribution is 2.46. The van der Waals surface area contributed by atoms with Crippen LogP contribution in [0, 0.1) is 11.8 Å². The van der Waals surface area contributed by atoms with Crippen LogP contribution < -0.4 is 0 Å². The first kappa shape index (κ1) is 20.8. The summed E-state index contributed by atoms with van der Waals surface area (Å²) in [5.74, 6) is 0.215. The molecule has 0 aromatic heterocycles. The van der Waals surface area contributed by atoms with Gasteiger partial charge in [0.15, 0.2) is 11.6 Å². The lowest BCUT2D eigenvalue weighted by Gasteiger charge is -2.32. The highest BCUT2D eigenvalue weighted by molar-refractivity contribution is 5.94. The third kappa shape index (κ3) is 4.80. The van der Waals surface area contributed by atoms with Crippen molar-refractivity contribution in [2.45, 2.75) is 32.8 Å². The van der Waals surface area contributed by atoms with Gasteiger partial charge in [0.05, 0.1) is 19.3 Å². The number of fused-ring (bicyclic) bond motifs is 1. The van der Waals surface area contributed by atoms with Gasteiger partial charge >= 0.3 is 5.97 Å². The molecule has 0 saturated carbocycles. The Balaban J connectivity index is 0.000000465. The van der Waals surface area contributed by atoms with Crippen molar-refractivity contribution in [1.82, 2.24) is 0 Å². The van der Waals surface area contributed by atoms with E-state index in [0.29, 0.717) is 18.6 Å². The number of rotatable bonds is 3. The fourth-order valence-electron chi connectivity index (χ4n) is 3.43. The molecule has 3 rings (SSSR count). The van der Waals surface area contributed by atoms with Gasteiger partial charge in [-0.2, -0.15) is 0 Å². The molecule has 1 heterocycles. The molecule has 1 aromatic carbocycles. The Bertz CT molecular complexity index is 774. The van der Waals surface area contributed by atoms with Crippen LogP contribution in [-0.4, -0.2) is 36.9 Å². The second-order valence-electron chi connectivity index (χ2n) is 7.07. The van der Waals surface area contributed by atoms with Gasteiger partial charge in [-0.3, -0.25) is 14.4 Å². The molecular weight excluding hydrogens is 344 g/mol. The van der Waals surface area contributed by atoms with Crippen molar-refractivity contribution < 1.29 is 23.9 Å². The summed E-state index contributed by atoms with van der Waals surface area (Å²) in [4.78, 5) is 32.7. The van der Waals surface area contributed by atoms with Gasteiger partial charge in [0.2, 0.25) is 0 Å². The predicted molar refractivity (Wildman–Crippen MR) is 103 cm³/mol. The van der Waals surface area contributed by atoms with Crippen LogP contribution in [0.3, 0.4) is 0 Å². The molecule has 144 valence electrons. The summed E-state index contributed by atoms with van der Waals surface area (Å²) in [6, 6.07) is 7.50. The van der Waals surface area contributed by atoms with Crippen molar-refractivity contribution >= 4 is 23.1 Å². The fourth-order valence-corrected chi connectivity index (χ4v) is 3.43. The van der Waals surface area contributed by atoms with Crippen LogP contribution in [-0.2, 0) is 19.1 Å². The van der Waals surface area contributed by atoms with Crippen LogP contribution in [0.25, 0.3) is 5.57 Å². The Kier molecular flexibility index (Phi) is 6.50. The normalized spacial score (nSPS) is 25.9. The number of benzene rings is 1. The lowest BCUT2D eigenvalue weighted by molar-refractivity contribution is -0.137. The minimum absolute atomic E-state index is 0.0527. The van der Waals surface area contributed by atoms with E-state index in [-0.39, 0.29) is 35.0 Å². The first-order chi connectivity index (χ1) is 12.7. The van der Waals surface area contributed by atoms with Gasteiger partial charge in [0.1, 0.15) is 0 Å². The molecule has 3 atom stereocenters. The standard InChI is InChI=1S/C19H20O3.C3H6O2/c1-12(14-4-6-15(7-5-14)13(2)20)17-11-22-19(3)9-8-16(21)10-18(17)19;1-3(4)5-2/h4-9,17-18H,1,10-11H2,2-3H3;1-2H3. The topological polar surface area (TPSA) is 69.7 Å². The number of ketones is 2. The lowest BCUT2D eigenvalue weighted by Crippen LogP contribution is -2.36. The van der Waals surface area contributed by atoms with Gasteiger partial charge in [-0.15, -0.1) is 0 Å². The van der Waals surface area contributed by atoms with Gasteiger partial charge in [-0.1, -0.05) is 30.8 Å². The maximum atomic E-state index is 11.8. The smallest absolute Gasteiger partial charge is 0.302 e. The van der Waals surface area contributed by atoms with Crippen molar-refractivity contribution in [3.63, 3.8) is 0 Å². The molecule has 0 amide bonds. The van der Waals surface area contributed by atoms with E-state index in [0.717, 1.165) is 11.1 Å². The summed E-state index contributed by atoms with van der Waals surface area (Å²) < 4.78 is 10.1. The molecule has 2 aliphatic rings. The summed E-state index contributed by atoms with van der Waals surface area (Å²) in [5.41, 5.74) is 2.30. The molecule has 27 heavy (non-hydrogen) atoms. The summed E-state index contributed by atoms with van der Waals surface area (Å²) in [5, 5.41) is 0. The van der Waals surface area contributed by atoms with E-state index in [1.54, 1.807) is 13.0 Å². The molecule has 1 aliphatic carbocycles. The summed E-state index contributed by atoms with van der Waals surface area (Å²) in [6.07, 6.45) is 4.02. The quantitative estimate of drug-likeness (QED) is 0.600. The second kappa shape index (κ2) is 8.44. The minimum atomic E-state index is -0.374. The zero-order valence-electron chi connectivity index (χ0n) is 16.3. The van der Waals surface area contributed by atoms with E-state index >= 15 is 0 Å². The van der Waals surface area contributed by atoms with Gasteiger partial charge in [-0.05, 0) is 37.1 Å². The number of carbonyl (C=O) groups is 3. The van der Waals surface area contributed by atoms with E-state index in [2.05, 4.69) is 11.3 Å². The number of allylic oxidation sites excluding steroid dienone is 1. The molecule has 3 unspecified atom stereocenters. The van der Waals surface area contributed by atoms with E-state index in [9.17, 15) is 14.4 Å². The van der Waals surface area contributed by atoms with Crippen molar-refractivity contribution in [3.8, 4) is 0 Å². The van der Waals surface area contributed by atoms with Crippen molar-refractivity contribution in [3.05, 3.63) is 54.1 Å².